The summed E-state index contributed by atoms with van der Waals surface area (Å²) in [4.78, 5) is 60.1. The Bertz CT molecular complexity index is 2380. The number of phenolic OH excluding ortho intramolecular Hbond substituents is 1. The number of carbonyl (C=O) groups is 4. The Hall–Kier alpha value is -5.94. The third-order valence-corrected chi connectivity index (χ3v) is 12.3. The highest BCUT2D eigenvalue weighted by Gasteiger charge is 2.68. The average Bonchev–Trinajstić information content (AvgIpc) is 3.57. The lowest BCUT2D eigenvalue weighted by atomic mass is 9.51. The molecule has 2 aliphatic heterocycles. The van der Waals surface area contributed by atoms with Gasteiger partial charge in [0, 0.05) is 17.0 Å². The zero-order valence-electron chi connectivity index (χ0n) is 31.0. The van der Waals surface area contributed by atoms with Crippen molar-refractivity contribution in [3.63, 3.8) is 0 Å². The van der Waals surface area contributed by atoms with Crippen molar-refractivity contribution in [2.75, 3.05) is 31.1 Å². The van der Waals surface area contributed by atoms with E-state index in [-0.39, 0.29) is 41.0 Å². The van der Waals surface area contributed by atoms with Crippen molar-refractivity contribution in [1.82, 2.24) is 0 Å². The number of imide groups is 2. The molecule has 2 heterocycles. The highest BCUT2D eigenvalue weighted by atomic mass is 35.5. The van der Waals surface area contributed by atoms with E-state index in [1.54, 1.807) is 51.5 Å². The number of aromatic hydroxyl groups is 1. The van der Waals surface area contributed by atoms with Crippen molar-refractivity contribution >= 4 is 58.8 Å². The molecule has 3 fully saturated rings. The van der Waals surface area contributed by atoms with Gasteiger partial charge in [0.2, 0.25) is 23.6 Å². The topological polar surface area (TPSA) is 123 Å². The fraction of sp³-hybridized carbons (Fsp3) is 0.273. The molecule has 4 aliphatic rings. The molecule has 4 aromatic rings. The van der Waals surface area contributed by atoms with Crippen LogP contribution in [0.3, 0.4) is 0 Å². The zero-order chi connectivity index (χ0) is 39.6. The molecule has 56 heavy (non-hydrogen) atoms. The molecule has 10 nitrogen and oxygen atoms in total. The van der Waals surface area contributed by atoms with Gasteiger partial charge >= 0.3 is 0 Å². The minimum atomic E-state index is -1.43. The molecule has 0 aromatic heterocycles. The van der Waals surface area contributed by atoms with Crippen LogP contribution < -0.4 is 24.0 Å². The van der Waals surface area contributed by atoms with E-state index < -0.39 is 58.5 Å². The molecule has 6 atom stereocenters. The summed E-state index contributed by atoms with van der Waals surface area (Å²) in [5, 5.41) is 11.3. The number of phenols is 1. The normalized spacial score (nSPS) is 25.6. The number of rotatable bonds is 8. The van der Waals surface area contributed by atoms with E-state index in [0.717, 1.165) is 22.1 Å². The van der Waals surface area contributed by atoms with E-state index in [4.69, 9.17) is 25.8 Å². The molecule has 1 N–H and O–H groups in total. The number of nitrogens with zero attached hydrogens (tertiary/aromatic N) is 2. The molecule has 12 heteroatoms. The Morgan fingerprint density at radius 3 is 2.23 bits per heavy atom. The molecule has 0 radical (unpaired) electrons. The van der Waals surface area contributed by atoms with Crippen molar-refractivity contribution in [3.05, 3.63) is 118 Å². The van der Waals surface area contributed by atoms with Crippen molar-refractivity contribution in [2.24, 2.45) is 29.1 Å². The van der Waals surface area contributed by atoms with Gasteiger partial charge < -0.3 is 19.3 Å². The molecule has 2 aliphatic carbocycles. The van der Waals surface area contributed by atoms with Gasteiger partial charge in [-0.3, -0.25) is 24.1 Å². The first-order valence-electron chi connectivity index (χ1n) is 18.2. The number of carbonyl (C=O) groups excluding carboxylic acids is 4. The Labute approximate surface area is 327 Å². The molecule has 2 saturated heterocycles. The lowest BCUT2D eigenvalue weighted by Crippen LogP contribution is -2.48. The average molecular weight is 777 g/mol. The first-order valence-corrected chi connectivity index (χ1v) is 18.6. The van der Waals surface area contributed by atoms with Gasteiger partial charge in [-0.05, 0) is 85.8 Å². The second-order valence-corrected chi connectivity index (χ2v) is 15.1. The van der Waals surface area contributed by atoms with E-state index in [9.17, 15) is 28.7 Å². The van der Waals surface area contributed by atoms with Gasteiger partial charge in [0.25, 0.3) is 0 Å². The third-order valence-electron chi connectivity index (χ3n) is 12.0. The first kappa shape index (κ1) is 37.0. The van der Waals surface area contributed by atoms with Crippen molar-refractivity contribution in [3.8, 4) is 23.0 Å². The number of anilines is 2. The Morgan fingerprint density at radius 1 is 0.804 bits per heavy atom. The maximum Gasteiger partial charge on any atom is 0.241 e. The Morgan fingerprint density at radius 2 is 1.54 bits per heavy atom. The molecule has 286 valence electrons. The largest absolute Gasteiger partial charge is 0.504 e. The summed E-state index contributed by atoms with van der Waals surface area (Å²) in [6, 6.07) is 21.2. The minimum absolute atomic E-state index is 0.102. The van der Waals surface area contributed by atoms with Crippen molar-refractivity contribution < 1.29 is 42.9 Å². The SMILES string of the molecule is COc1ccc(OC)c(C=Cc2ccc(N3C(=O)C4CC=C5C(CC6C(=O)N(c7ccc(F)c(Cl)c7)C(=O)C6(C)C5c5cccc(OC)c5O)C4C3=O)cc2)c1. The van der Waals surface area contributed by atoms with E-state index in [1.807, 2.05) is 48.6 Å². The van der Waals surface area contributed by atoms with Crippen LogP contribution in [0.2, 0.25) is 5.02 Å². The number of hydrogen-bond acceptors (Lipinski definition) is 8. The fourth-order valence-corrected chi connectivity index (χ4v) is 9.49. The number of para-hydroxylation sites is 1. The highest BCUT2D eigenvalue weighted by molar-refractivity contribution is 6.32. The minimum Gasteiger partial charge on any atom is -0.504 e. The number of ether oxygens (including phenoxy) is 3. The number of halogens is 2. The zero-order valence-corrected chi connectivity index (χ0v) is 31.7. The highest BCUT2D eigenvalue weighted by Crippen LogP contribution is 2.65. The van der Waals surface area contributed by atoms with Crippen molar-refractivity contribution in [2.45, 2.75) is 25.7 Å². The van der Waals surface area contributed by atoms with Crippen LogP contribution in [0.1, 0.15) is 42.4 Å². The van der Waals surface area contributed by atoms with Gasteiger partial charge in [-0.1, -0.05) is 59.7 Å². The lowest BCUT2D eigenvalue weighted by molar-refractivity contribution is -0.131. The summed E-state index contributed by atoms with van der Waals surface area (Å²) in [6.07, 6.45) is 6.01. The monoisotopic (exact) mass is 776 g/mol. The number of methoxy groups -OCH3 is 3. The van der Waals surface area contributed by atoms with Gasteiger partial charge in [-0.25, -0.2) is 9.29 Å². The second kappa shape index (κ2) is 14.0. The van der Waals surface area contributed by atoms with E-state index in [2.05, 4.69) is 0 Å². The van der Waals surface area contributed by atoms with Crippen LogP contribution in [0.5, 0.6) is 23.0 Å². The summed E-state index contributed by atoms with van der Waals surface area (Å²) >= 11 is 6.11. The molecule has 4 aromatic carbocycles. The van der Waals surface area contributed by atoms with Gasteiger partial charge in [-0.2, -0.15) is 0 Å². The maximum absolute atomic E-state index is 14.7. The Kier molecular flexibility index (Phi) is 9.23. The summed E-state index contributed by atoms with van der Waals surface area (Å²) in [7, 11) is 4.60. The summed E-state index contributed by atoms with van der Waals surface area (Å²) in [5.74, 6) is -5.13. The molecule has 8 rings (SSSR count). The number of hydrogen-bond donors (Lipinski definition) is 1. The standard InChI is InChI=1S/C44H38ClFN2O8/c1-44-32(41(51)48(43(44)53)26-14-18-34(46)33(45)21-26)22-31-28(38(44)30-6-5-7-36(56-4)39(30)49)16-17-29-37(31)42(52)47(40(29)50)25-12-9-23(10-13-25)8-11-24-20-27(54-2)15-19-35(24)55-3/h5-16,18-21,29,31-32,37-38,49H,17,22H2,1-4H3. The van der Waals surface area contributed by atoms with Crippen molar-refractivity contribution in [1.29, 1.82) is 0 Å². The van der Waals surface area contributed by atoms with Crippen LogP contribution in [0.15, 0.2) is 90.5 Å². The lowest BCUT2D eigenvalue weighted by Gasteiger charge is -2.49. The maximum atomic E-state index is 14.7. The fourth-order valence-electron chi connectivity index (χ4n) is 9.31. The molecule has 1 saturated carbocycles. The third kappa shape index (κ3) is 5.58. The second-order valence-electron chi connectivity index (χ2n) is 14.7. The molecule has 4 amide bonds. The Balaban J connectivity index is 1.15. The van der Waals surface area contributed by atoms with Crippen LogP contribution in [-0.2, 0) is 19.2 Å². The number of benzene rings is 4. The summed E-state index contributed by atoms with van der Waals surface area (Å²) < 4.78 is 30.5. The molecular weight excluding hydrogens is 739 g/mol. The predicted octanol–water partition coefficient (Wildman–Crippen LogP) is 7.82. The van der Waals surface area contributed by atoms with E-state index in [0.29, 0.717) is 28.3 Å². The number of allylic oxidation sites excluding steroid dienone is 2. The number of amides is 4. The quantitative estimate of drug-likeness (QED) is 0.109. The molecule has 0 spiro atoms. The molecule has 6 unspecified atom stereocenters. The van der Waals surface area contributed by atoms with E-state index >= 15 is 0 Å². The van der Waals surface area contributed by atoms with Crippen LogP contribution in [0.4, 0.5) is 15.8 Å². The van der Waals surface area contributed by atoms with Gasteiger partial charge in [0.15, 0.2) is 11.5 Å². The van der Waals surface area contributed by atoms with E-state index in [1.165, 1.54) is 24.1 Å². The van der Waals surface area contributed by atoms with Crippen LogP contribution in [0, 0.1) is 34.9 Å². The molecular formula is C44H38ClFN2O8. The van der Waals surface area contributed by atoms with Gasteiger partial charge in [0.1, 0.15) is 17.3 Å². The van der Waals surface area contributed by atoms with Crippen LogP contribution in [-0.4, -0.2) is 50.1 Å². The molecule has 0 bridgehead atoms. The van der Waals surface area contributed by atoms with Gasteiger partial charge in [-0.15, -0.1) is 0 Å². The number of fused-ring (bicyclic) bond motifs is 4. The summed E-state index contributed by atoms with van der Waals surface area (Å²) in [5.41, 5.74) is 1.79. The first-order chi connectivity index (χ1) is 26.9. The summed E-state index contributed by atoms with van der Waals surface area (Å²) in [6.45, 7) is 1.70. The van der Waals surface area contributed by atoms with Crippen LogP contribution in [0.25, 0.3) is 12.2 Å². The smallest absolute Gasteiger partial charge is 0.241 e. The predicted molar refractivity (Wildman–Crippen MR) is 208 cm³/mol. The van der Waals surface area contributed by atoms with Gasteiger partial charge in [0.05, 0.1) is 60.9 Å². The van der Waals surface area contributed by atoms with Crippen LogP contribution >= 0.6 is 11.6 Å².